The fourth-order valence-electron chi connectivity index (χ4n) is 3.79. The van der Waals surface area contributed by atoms with Crippen LogP contribution in [0.3, 0.4) is 0 Å². The van der Waals surface area contributed by atoms with Gasteiger partial charge in [-0.3, -0.25) is 0 Å². The van der Waals surface area contributed by atoms with Crippen LogP contribution in [0.5, 0.6) is 0 Å². The summed E-state index contributed by atoms with van der Waals surface area (Å²) in [5.41, 5.74) is 2.63. The first-order valence-electron chi connectivity index (χ1n) is 9.29. The minimum Gasteiger partial charge on any atom is -0.350 e. The highest BCUT2D eigenvalue weighted by Crippen LogP contribution is 2.34. The zero-order valence-corrected chi connectivity index (χ0v) is 14.8. The maximum atomic E-state index is 4.71. The van der Waals surface area contributed by atoms with Gasteiger partial charge in [-0.2, -0.15) is 4.98 Å². The smallest absolute Gasteiger partial charge is 0.230 e. The molecule has 0 radical (unpaired) electrons. The summed E-state index contributed by atoms with van der Waals surface area (Å²) in [4.78, 5) is 15.8. The Hall–Kier alpha value is -2.21. The van der Waals surface area contributed by atoms with Crippen LogP contribution >= 0.6 is 0 Å². The van der Waals surface area contributed by atoms with Crippen LogP contribution in [0.4, 0.5) is 11.9 Å². The molecule has 0 aliphatic carbocycles. The molecule has 2 fully saturated rings. The number of aromatic nitrogens is 3. The lowest BCUT2D eigenvalue weighted by atomic mass is 10.0. The summed E-state index contributed by atoms with van der Waals surface area (Å²) >= 11 is 0. The van der Waals surface area contributed by atoms with Crippen LogP contribution in [-0.2, 0) is 0 Å². The molecule has 2 aliphatic heterocycles. The fraction of sp³-hybridized carbons (Fsp3) is 0.526. The average Bonchev–Trinajstić information content (AvgIpc) is 3.13. The van der Waals surface area contributed by atoms with Crippen LogP contribution in [0.1, 0.15) is 42.9 Å². The van der Waals surface area contributed by atoms with Crippen LogP contribution in [0.15, 0.2) is 30.6 Å². The second-order valence-electron chi connectivity index (χ2n) is 7.06. The molecule has 0 bridgehead atoms. The zero-order valence-electron chi connectivity index (χ0n) is 14.8. The summed E-state index contributed by atoms with van der Waals surface area (Å²) in [5.74, 6) is 1.47. The molecule has 2 aliphatic rings. The molecule has 2 N–H and O–H groups in total. The van der Waals surface area contributed by atoms with E-state index in [1.54, 1.807) is 6.33 Å². The van der Waals surface area contributed by atoms with E-state index in [-0.39, 0.29) is 0 Å². The highest BCUT2D eigenvalue weighted by Gasteiger charge is 2.28. The van der Waals surface area contributed by atoms with Gasteiger partial charge in [0, 0.05) is 19.1 Å². The SMILES string of the molecule is Cc1ccc(C2CCCN2c2ncnc(NC3CCCNC3)n2)cc1. The Morgan fingerprint density at radius 2 is 2.00 bits per heavy atom. The van der Waals surface area contributed by atoms with Gasteiger partial charge in [-0.1, -0.05) is 29.8 Å². The van der Waals surface area contributed by atoms with Crippen molar-refractivity contribution in [3.05, 3.63) is 41.7 Å². The molecular weight excluding hydrogens is 312 g/mol. The standard InChI is InChI=1S/C19H26N6/c1-14-6-8-15(9-7-14)17-5-3-11-25(17)19-22-13-21-18(24-19)23-16-4-2-10-20-12-16/h6-9,13,16-17,20H,2-5,10-12H2,1H3,(H,21,22,23,24). The minimum absolute atomic E-state index is 0.354. The van der Waals surface area contributed by atoms with E-state index in [4.69, 9.17) is 4.98 Å². The summed E-state index contributed by atoms with van der Waals surface area (Å²) in [6.45, 7) is 5.19. The summed E-state index contributed by atoms with van der Waals surface area (Å²) < 4.78 is 0. The molecule has 0 amide bonds. The van der Waals surface area contributed by atoms with Gasteiger partial charge in [-0.05, 0) is 44.7 Å². The van der Waals surface area contributed by atoms with Crippen molar-refractivity contribution in [3.63, 3.8) is 0 Å². The molecule has 132 valence electrons. The van der Waals surface area contributed by atoms with Gasteiger partial charge in [0.2, 0.25) is 11.9 Å². The van der Waals surface area contributed by atoms with Gasteiger partial charge < -0.3 is 15.5 Å². The Morgan fingerprint density at radius 1 is 1.12 bits per heavy atom. The average molecular weight is 338 g/mol. The number of rotatable bonds is 4. The molecule has 0 spiro atoms. The number of nitrogens with one attached hydrogen (secondary N) is 2. The van der Waals surface area contributed by atoms with Crippen molar-refractivity contribution in [1.29, 1.82) is 0 Å². The maximum Gasteiger partial charge on any atom is 0.230 e. The molecule has 6 heteroatoms. The third-order valence-electron chi connectivity index (χ3n) is 5.16. The van der Waals surface area contributed by atoms with Crippen LogP contribution in [0.25, 0.3) is 0 Å². The molecular formula is C19H26N6. The van der Waals surface area contributed by atoms with Gasteiger partial charge in [0.15, 0.2) is 0 Å². The molecule has 6 nitrogen and oxygen atoms in total. The van der Waals surface area contributed by atoms with Crippen molar-refractivity contribution < 1.29 is 0 Å². The molecule has 4 rings (SSSR count). The monoisotopic (exact) mass is 338 g/mol. The number of nitrogens with zero attached hydrogens (tertiary/aromatic N) is 4. The highest BCUT2D eigenvalue weighted by molar-refractivity contribution is 5.42. The van der Waals surface area contributed by atoms with Crippen molar-refractivity contribution in [3.8, 4) is 0 Å². The zero-order chi connectivity index (χ0) is 17.1. The van der Waals surface area contributed by atoms with Gasteiger partial charge in [0.05, 0.1) is 6.04 Å². The third kappa shape index (κ3) is 3.74. The normalized spacial score (nSPS) is 23.6. The van der Waals surface area contributed by atoms with Gasteiger partial charge in [0.25, 0.3) is 0 Å². The Kier molecular flexibility index (Phi) is 4.78. The second kappa shape index (κ2) is 7.35. The van der Waals surface area contributed by atoms with Crippen LogP contribution in [-0.4, -0.2) is 40.6 Å². The van der Waals surface area contributed by atoms with Gasteiger partial charge >= 0.3 is 0 Å². The van der Waals surface area contributed by atoms with E-state index in [1.807, 2.05) is 0 Å². The minimum atomic E-state index is 0.354. The number of aryl methyl sites for hydroxylation is 1. The van der Waals surface area contributed by atoms with Crippen molar-refractivity contribution in [2.45, 2.75) is 44.7 Å². The Morgan fingerprint density at radius 3 is 2.80 bits per heavy atom. The van der Waals surface area contributed by atoms with Crippen LogP contribution < -0.4 is 15.5 Å². The summed E-state index contributed by atoms with van der Waals surface area (Å²) in [7, 11) is 0. The predicted octanol–water partition coefficient (Wildman–Crippen LogP) is 2.69. The summed E-state index contributed by atoms with van der Waals surface area (Å²) in [6, 6.07) is 9.58. The molecule has 2 unspecified atom stereocenters. The molecule has 2 aromatic rings. The molecule has 3 heterocycles. The topological polar surface area (TPSA) is 66.0 Å². The summed E-state index contributed by atoms with van der Waals surface area (Å²) in [6.07, 6.45) is 6.29. The first-order valence-corrected chi connectivity index (χ1v) is 9.29. The van der Waals surface area contributed by atoms with Gasteiger partial charge in [-0.25, -0.2) is 9.97 Å². The maximum absolute atomic E-state index is 4.71. The number of anilines is 2. The lowest BCUT2D eigenvalue weighted by Crippen LogP contribution is -2.39. The van der Waals surface area contributed by atoms with E-state index < -0.39 is 0 Å². The van der Waals surface area contributed by atoms with E-state index in [0.717, 1.165) is 38.4 Å². The van der Waals surface area contributed by atoms with Gasteiger partial charge in [-0.15, -0.1) is 0 Å². The Labute approximate surface area is 149 Å². The Balaban J connectivity index is 1.51. The fourth-order valence-corrected chi connectivity index (χ4v) is 3.79. The number of hydrogen-bond acceptors (Lipinski definition) is 6. The first-order chi connectivity index (χ1) is 12.3. The largest absolute Gasteiger partial charge is 0.350 e. The lowest BCUT2D eigenvalue weighted by molar-refractivity contribution is 0.477. The summed E-state index contributed by atoms with van der Waals surface area (Å²) in [5, 5.41) is 6.87. The number of benzene rings is 1. The molecule has 25 heavy (non-hydrogen) atoms. The van der Waals surface area contributed by atoms with E-state index in [9.17, 15) is 0 Å². The predicted molar refractivity (Wildman–Crippen MR) is 99.8 cm³/mol. The van der Waals surface area contributed by atoms with Crippen molar-refractivity contribution in [2.24, 2.45) is 0 Å². The van der Waals surface area contributed by atoms with E-state index in [0.29, 0.717) is 18.0 Å². The molecule has 2 saturated heterocycles. The molecule has 1 aromatic carbocycles. The van der Waals surface area contributed by atoms with Crippen molar-refractivity contribution in [1.82, 2.24) is 20.3 Å². The third-order valence-corrected chi connectivity index (χ3v) is 5.16. The highest BCUT2D eigenvalue weighted by atomic mass is 15.3. The molecule has 2 atom stereocenters. The van der Waals surface area contributed by atoms with E-state index in [2.05, 4.69) is 56.7 Å². The van der Waals surface area contributed by atoms with E-state index >= 15 is 0 Å². The number of piperidine rings is 1. The van der Waals surface area contributed by atoms with Crippen LogP contribution in [0.2, 0.25) is 0 Å². The Bertz CT molecular complexity index is 695. The second-order valence-corrected chi connectivity index (χ2v) is 7.06. The first kappa shape index (κ1) is 16.3. The quantitative estimate of drug-likeness (QED) is 0.893. The van der Waals surface area contributed by atoms with Gasteiger partial charge in [0.1, 0.15) is 6.33 Å². The lowest BCUT2D eigenvalue weighted by Gasteiger charge is -2.26. The van der Waals surface area contributed by atoms with Crippen LogP contribution in [0, 0.1) is 6.92 Å². The van der Waals surface area contributed by atoms with Crippen molar-refractivity contribution >= 4 is 11.9 Å². The van der Waals surface area contributed by atoms with Crippen molar-refractivity contribution in [2.75, 3.05) is 29.9 Å². The molecule has 1 aromatic heterocycles. The molecule has 0 saturated carbocycles. The van der Waals surface area contributed by atoms with E-state index in [1.165, 1.54) is 24.0 Å². The number of hydrogen-bond donors (Lipinski definition) is 2.